The lowest BCUT2D eigenvalue weighted by Crippen LogP contribution is -1.99. The third-order valence-corrected chi connectivity index (χ3v) is 2.41. The van der Waals surface area contributed by atoms with Gasteiger partial charge in [-0.1, -0.05) is 33.3 Å². The monoisotopic (exact) mass is 282 g/mol. The van der Waals surface area contributed by atoms with Gasteiger partial charge in [0.25, 0.3) is 0 Å². The standard InChI is InChI=1S/C9H16Br2/c1-4-7(2)5-8(3)6-9(10)11/h6-8H,4-5H2,1-3H3/t7-,8+/m0/s1. The van der Waals surface area contributed by atoms with E-state index in [2.05, 4.69) is 58.7 Å². The third kappa shape index (κ3) is 7.07. The van der Waals surface area contributed by atoms with Gasteiger partial charge in [-0.2, -0.15) is 0 Å². The molecule has 0 aromatic heterocycles. The van der Waals surface area contributed by atoms with E-state index < -0.39 is 0 Å². The molecule has 0 radical (unpaired) electrons. The van der Waals surface area contributed by atoms with Crippen LogP contribution in [0.5, 0.6) is 0 Å². The first kappa shape index (κ1) is 11.7. The van der Waals surface area contributed by atoms with Crippen molar-refractivity contribution in [2.75, 3.05) is 0 Å². The highest BCUT2D eigenvalue weighted by atomic mass is 79.9. The van der Waals surface area contributed by atoms with Crippen LogP contribution in [0.2, 0.25) is 0 Å². The Balaban J connectivity index is 3.69. The van der Waals surface area contributed by atoms with Gasteiger partial charge in [-0.15, -0.1) is 0 Å². The summed E-state index contributed by atoms with van der Waals surface area (Å²) in [7, 11) is 0. The van der Waals surface area contributed by atoms with Crippen LogP contribution in [-0.4, -0.2) is 0 Å². The van der Waals surface area contributed by atoms with E-state index in [1.165, 1.54) is 12.8 Å². The summed E-state index contributed by atoms with van der Waals surface area (Å²) >= 11 is 6.73. The van der Waals surface area contributed by atoms with E-state index in [-0.39, 0.29) is 0 Å². The molecule has 0 fully saturated rings. The molecule has 0 bridgehead atoms. The molecule has 0 aromatic carbocycles. The molecule has 2 heteroatoms. The fourth-order valence-electron chi connectivity index (χ4n) is 1.08. The van der Waals surface area contributed by atoms with E-state index >= 15 is 0 Å². The van der Waals surface area contributed by atoms with Crippen LogP contribution in [0.4, 0.5) is 0 Å². The maximum absolute atomic E-state index is 3.36. The Labute approximate surface area is 86.7 Å². The highest BCUT2D eigenvalue weighted by Gasteiger charge is 2.04. The van der Waals surface area contributed by atoms with Gasteiger partial charge in [0, 0.05) is 0 Å². The second kappa shape index (κ2) is 6.24. The van der Waals surface area contributed by atoms with Crippen molar-refractivity contribution in [1.29, 1.82) is 0 Å². The maximum atomic E-state index is 3.36. The Hall–Kier alpha value is 0.700. The Kier molecular flexibility index (Phi) is 6.64. The molecule has 0 nitrogen and oxygen atoms in total. The van der Waals surface area contributed by atoms with E-state index in [1.807, 2.05) is 0 Å². The topological polar surface area (TPSA) is 0 Å². The highest BCUT2D eigenvalue weighted by Crippen LogP contribution is 2.21. The summed E-state index contributed by atoms with van der Waals surface area (Å²) in [6.45, 7) is 6.78. The van der Waals surface area contributed by atoms with Gasteiger partial charge in [0.1, 0.15) is 0 Å². The Morgan fingerprint density at radius 2 is 1.91 bits per heavy atom. The van der Waals surface area contributed by atoms with Crippen molar-refractivity contribution < 1.29 is 0 Å². The van der Waals surface area contributed by atoms with E-state index in [9.17, 15) is 0 Å². The van der Waals surface area contributed by atoms with Gasteiger partial charge in [0.05, 0.1) is 3.39 Å². The van der Waals surface area contributed by atoms with Crippen LogP contribution in [0.1, 0.15) is 33.6 Å². The van der Waals surface area contributed by atoms with E-state index in [4.69, 9.17) is 0 Å². The van der Waals surface area contributed by atoms with Crippen LogP contribution in [0.25, 0.3) is 0 Å². The van der Waals surface area contributed by atoms with Crippen molar-refractivity contribution >= 4 is 31.9 Å². The minimum absolute atomic E-state index is 0.665. The molecule has 0 saturated heterocycles. The summed E-state index contributed by atoms with van der Waals surface area (Å²) in [5, 5.41) is 0. The quantitative estimate of drug-likeness (QED) is 0.702. The van der Waals surface area contributed by atoms with Crippen molar-refractivity contribution in [2.24, 2.45) is 11.8 Å². The van der Waals surface area contributed by atoms with Crippen molar-refractivity contribution in [1.82, 2.24) is 0 Å². The van der Waals surface area contributed by atoms with Crippen molar-refractivity contribution in [3.05, 3.63) is 9.47 Å². The van der Waals surface area contributed by atoms with E-state index in [0.717, 1.165) is 9.31 Å². The van der Waals surface area contributed by atoms with Gasteiger partial charge in [-0.25, -0.2) is 0 Å². The molecular formula is C9H16Br2. The minimum Gasteiger partial charge on any atom is -0.0651 e. The Morgan fingerprint density at radius 1 is 1.36 bits per heavy atom. The predicted molar refractivity (Wildman–Crippen MR) is 59.2 cm³/mol. The first-order chi connectivity index (χ1) is 5.06. The van der Waals surface area contributed by atoms with E-state index in [0.29, 0.717) is 5.92 Å². The molecular weight excluding hydrogens is 268 g/mol. The zero-order valence-electron chi connectivity index (χ0n) is 7.40. The van der Waals surface area contributed by atoms with Gasteiger partial charge in [0.15, 0.2) is 0 Å². The lowest BCUT2D eigenvalue weighted by atomic mass is 9.96. The second-order valence-corrected chi connectivity index (χ2v) is 5.96. The molecule has 0 saturated carbocycles. The first-order valence-electron chi connectivity index (χ1n) is 4.09. The van der Waals surface area contributed by atoms with Crippen molar-refractivity contribution in [2.45, 2.75) is 33.6 Å². The zero-order chi connectivity index (χ0) is 8.85. The molecule has 0 aromatic rings. The summed E-state index contributed by atoms with van der Waals surface area (Å²) in [4.78, 5) is 0. The lowest BCUT2D eigenvalue weighted by molar-refractivity contribution is 0.455. The summed E-state index contributed by atoms with van der Waals surface area (Å²) in [6, 6.07) is 0. The molecule has 11 heavy (non-hydrogen) atoms. The van der Waals surface area contributed by atoms with Crippen LogP contribution >= 0.6 is 31.9 Å². The fraction of sp³-hybridized carbons (Fsp3) is 0.778. The Morgan fingerprint density at radius 3 is 2.27 bits per heavy atom. The second-order valence-electron chi connectivity index (χ2n) is 3.18. The third-order valence-electron chi connectivity index (χ3n) is 1.88. The van der Waals surface area contributed by atoms with Gasteiger partial charge < -0.3 is 0 Å². The fourth-order valence-corrected chi connectivity index (χ4v) is 1.99. The molecule has 0 aliphatic heterocycles. The molecule has 2 atom stereocenters. The number of hydrogen-bond acceptors (Lipinski definition) is 0. The minimum atomic E-state index is 0.665. The maximum Gasteiger partial charge on any atom is 0.0567 e. The van der Waals surface area contributed by atoms with Gasteiger partial charge in [0.2, 0.25) is 0 Å². The molecule has 0 rings (SSSR count). The smallest absolute Gasteiger partial charge is 0.0567 e. The molecule has 0 aliphatic rings. The van der Waals surface area contributed by atoms with Crippen LogP contribution in [0.15, 0.2) is 9.47 Å². The highest BCUT2D eigenvalue weighted by molar-refractivity contribution is 9.28. The van der Waals surface area contributed by atoms with Gasteiger partial charge in [-0.05, 0) is 50.1 Å². The number of halogens is 2. The molecule has 0 unspecified atom stereocenters. The molecule has 0 aliphatic carbocycles. The number of allylic oxidation sites excluding steroid dienone is 1. The van der Waals surface area contributed by atoms with Crippen LogP contribution < -0.4 is 0 Å². The first-order valence-corrected chi connectivity index (χ1v) is 5.67. The summed E-state index contributed by atoms with van der Waals surface area (Å²) < 4.78 is 1.07. The predicted octanol–water partition coefficient (Wildman–Crippen LogP) is 4.69. The van der Waals surface area contributed by atoms with Crippen LogP contribution in [0, 0.1) is 11.8 Å². The van der Waals surface area contributed by atoms with E-state index in [1.54, 1.807) is 0 Å². The number of hydrogen-bond donors (Lipinski definition) is 0. The molecule has 0 N–H and O–H groups in total. The van der Waals surface area contributed by atoms with Crippen LogP contribution in [-0.2, 0) is 0 Å². The normalized spacial score (nSPS) is 15.7. The molecule has 0 spiro atoms. The van der Waals surface area contributed by atoms with Gasteiger partial charge in [-0.3, -0.25) is 0 Å². The summed E-state index contributed by atoms with van der Waals surface area (Å²) in [5.41, 5.74) is 0. The average Bonchev–Trinajstić information content (AvgIpc) is 1.85. The Bertz CT molecular complexity index is 126. The summed E-state index contributed by atoms with van der Waals surface area (Å²) in [6.07, 6.45) is 4.75. The SMILES string of the molecule is CC[C@H](C)C[C@@H](C)C=C(Br)Br. The van der Waals surface area contributed by atoms with Gasteiger partial charge >= 0.3 is 0 Å². The molecule has 66 valence electrons. The zero-order valence-corrected chi connectivity index (χ0v) is 10.6. The van der Waals surface area contributed by atoms with Crippen molar-refractivity contribution in [3.63, 3.8) is 0 Å². The largest absolute Gasteiger partial charge is 0.0651 e. The molecule has 0 amide bonds. The average molecular weight is 284 g/mol. The van der Waals surface area contributed by atoms with Crippen molar-refractivity contribution in [3.8, 4) is 0 Å². The lowest BCUT2D eigenvalue weighted by Gasteiger charge is -2.11. The number of rotatable bonds is 4. The van der Waals surface area contributed by atoms with Crippen LogP contribution in [0.3, 0.4) is 0 Å². The summed E-state index contributed by atoms with van der Waals surface area (Å²) in [5.74, 6) is 1.50. The molecule has 0 heterocycles.